The minimum absolute atomic E-state index is 0.202. The minimum atomic E-state index is -0.202. The molecule has 2 aliphatic rings. The number of benzene rings is 2. The standard InChI is InChI=1S/C32H24N6O2S2/c39-29-27(21-23-11-7-9-17-33-23)35-31(37(29)25-13-3-1-4-14-25)41-19-20-42-32-36-28(22-24-12-8-10-18-34-24)30(40)38(32)26-15-5-2-6-16-26/h1-18,21-22H,19-20H2/b27-21-,28-22-. The maximum absolute atomic E-state index is 13.4. The minimum Gasteiger partial charge on any atom is -0.266 e. The molecule has 6 rings (SSSR count). The van der Waals surface area contributed by atoms with E-state index in [0.29, 0.717) is 44.6 Å². The molecule has 4 aromatic rings. The van der Waals surface area contributed by atoms with Crippen molar-refractivity contribution in [2.75, 3.05) is 21.3 Å². The zero-order valence-corrected chi connectivity index (χ0v) is 23.9. The molecule has 0 unspecified atom stereocenters. The van der Waals surface area contributed by atoms with Gasteiger partial charge in [-0.15, -0.1) is 0 Å². The zero-order valence-electron chi connectivity index (χ0n) is 22.3. The van der Waals surface area contributed by atoms with Crippen molar-refractivity contribution < 1.29 is 9.59 Å². The Labute approximate surface area is 251 Å². The quantitative estimate of drug-likeness (QED) is 0.191. The molecule has 10 heteroatoms. The summed E-state index contributed by atoms with van der Waals surface area (Å²) in [4.78, 5) is 48.1. The fraction of sp³-hybridized carbons (Fsp3) is 0.0625. The van der Waals surface area contributed by atoms with Crippen molar-refractivity contribution in [1.29, 1.82) is 0 Å². The van der Waals surface area contributed by atoms with Gasteiger partial charge in [0.1, 0.15) is 11.4 Å². The van der Waals surface area contributed by atoms with E-state index < -0.39 is 0 Å². The van der Waals surface area contributed by atoms with E-state index in [1.54, 1.807) is 34.3 Å². The molecule has 0 fully saturated rings. The van der Waals surface area contributed by atoms with E-state index in [2.05, 4.69) is 20.0 Å². The van der Waals surface area contributed by atoms with Crippen LogP contribution in [0.3, 0.4) is 0 Å². The van der Waals surface area contributed by atoms with Crippen molar-refractivity contribution in [3.05, 3.63) is 132 Å². The van der Waals surface area contributed by atoms with Crippen LogP contribution in [0.2, 0.25) is 0 Å². The Morgan fingerprint density at radius 1 is 0.548 bits per heavy atom. The van der Waals surface area contributed by atoms with Crippen molar-refractivity contribution >= 4 is 69.2 Å². The summed E-state index contributed by atoms with van der Waals surface area (Å²) in [6.45, 7) is 0. The molecular weight excluding hydrogens is 565 g/mol. The van der Waals surface area contributed by atoms with Gasteiger partial charge in [0.25, 0.3) is 11.8 Å². The Morgan fingerprint density at radius 2 is 0.952 bits per heavy atom. The highest BCUT2D eigenvalue weighted by molar-refractivity contribution is 8.17. The first-order chi connectivity index (χ1) is 20.7. The van der Waals surface area contributed by atoms with Crippen LogP contribution in [-0.4, -0.2) is 43.6 Å². The van der Waals surface area contributed by atoms with Crippen LogP contribution < -0.4 is 9.80 Å². The third-order valence-corrected chi connectivity index (χ3v) is 8.32. The van der Waals surface area contributed by atoms with E-state index in [1.165, 1.54) is 23.5 Å². The van der Waals surface area contributed by atoms with Crippen molar-refractivity contribution in [3.8, 4) is 0 Å². The van der Waals surface area contributed by atoms with Crippen molar-refractivity contribution in [2.24, 2.45) is 9.98 Å². The van der Waals surface area contributed by atoms with E-state index >= 15 is 0 Å². The predicted octanol–water partition coefficient (Wildman–Crippen LogP) is 6.13. The number of aliphatic imine (C=N–C) groups is 2. The lowest BCUT2D eigenvalue weighted by Gasteiger charge is -2.19. The number of amides is 2. The van der Waals surface area contributed by atoms with Gasteiger partial charge in [-0.3, -0.25) is 29.4 Å². The van der Waals surface area contributed by atoms with Gasteiger partial charge in [-0.2, -0.15) is 0 Å². The van der Waals surface area contributed by atoms with Gasteiger partial charge in [0, 0.05) is 23.9 Å². The fourth-order valence-electron chi connectivity index (χ4n) is 4.26. The Balaban J connectivity index is 1.20. The molecule has 2 aromatic carbocycles. The van der Waals surface area contributed by atoms with Gasteiger partial charge >= 0.3 is 0 Å². The summed E-state index contributed by atoms with van der Waals surface area (Å²) in [6, 6.07) is 30.0. The van der Waals surface area contributed by atoms with Crippen LogP contribution in [0, 0.1) is 0 Å². The Hall–Kier alpha value is -4.80. The first-order valence-corrected chi connectivity index (χ1v) is 15.1. The van der Waals surface area contributed by atoms with Crippen LogP contribution in [0.4, 0.5) is 11.4 Å². The van der Waals surface area contributed by atoms with E-state index in [9.17, 15) is 9.59 Å². The molecule has 0 N–H and O–H groups in total. The lowest BCUT2D eigenvalue weighted by atomic mass is 10.2. The number of anilines is 2. The Morgan fingerprint density at radius 3 is 1.33 bits per heavy atom. The third-order valence-electron chi connectivity index (χ3n) is 6.18. The number of nitrogens with zero attached hydrogens (tertiary/aromatic N) is 6. The Bertz CT molecular complexity index is 1580. The lowest BCUT2D eigenvalue weighted by Crippen LogP contribution is -2.31. The highest BCUT2D eigenvalue weighted by Crippen LogP contribution is 2.32. The topological polar surface area (TPSA) is 91.1 Å². The van der Waals surface area contributed by atoms with Gasteiger partial charge in [-0.1, -0.05) is 72.1 Å². The molecule has 0 radical (unpaired) electrons. The van der Waals surface area contributed by atoms with Crippen molar-refractivity contribution in [2.45, 2.75) is 0 Å². The maximum atomic E-state index is 13.4. The van der Waals surface area contributed by atoms with Gasteiger partial charge in [-0.05, 0) is 60.7 Å². The number of hydrogen-bond acceptors (Lipinski definition) is 8. The van der Waals surface area contributed by atoms with E-state index in [1.807, 2.05) is 97.1 Å². The number of thioether (sulfide) groups is 2. The van der Waals surface area contributed by atoms with Gasteiger partial charge in [-0.25, -0.2) is 9.98 Å². The number of para-hydroxylation sites is 2. The number of carbonyl (C=O) groups excluding carboxylic acids is 2. The molecule has 0 saturated heterocycles. The summed E-state index contributed by atoms with van der Waals surface area (Å²) in [5, 5.41) is 1.18. The average molecular weight is 589 g/mol. The van der Waals surface area contributed by atoms with Gasteiger partial charge in [0.2, 0.25) is 0 Å². The highest BCUT2D eigenvalue weighted by atomic mass is 32.2. The molecular formula is C32H24N6O2S2. The fourth-order valence-corrected chi connectivity index (χ4v) is 6.26. The molecule has 0 bridgehead atoms. The number of pyridine rings is 2. The van der Waals surface area contributed by atoms with Crippen LogP contribution in [0.15, 0.2) is 131 Å². The number of amidine groups is 2. The van der Waals surface area contributed by atoms with E-state index in [0.717, 1.165) is 11.4 Å². The monoisotopic (exact) mass is 588 g/mol. The predicted molar refractivity (Wildman–Crippen MR) is 172 cm³/mol. The van der Waals surface area contributed by atoms with Gasteiger partial charge < -0.3 is 0 Å². The molecule has 8 nitrogen and oxygen atoms in total. The second-order valence-corrected chi connectivity index (χ2v) is 11.1. The first-order valence-electron chi connectivity index (χ1n) is 13.1. The molecule has 4 heterocycles. The smallest absolute Gasteiger partial charge is 0.266 e. The summed E-state index contributed by atoms with van der Waals surface area (Å²) in [7, 11) is 0. The normalized spacial score (nSPS) is 16.9. The average Bonchev–Trinajstić information content (AvgIpc) is 3.51. The van der Waals surface area contributed by atoms with Crippen LogP contribution in [-0.2, 0) is 9.59 Å². The van der Waals surface area contributed by atoms with Crippen molar-refractivity contribution in [1.82, 2.24) is 9.97 Å². The second-order valence-electron chi connectivity index (χ2n) is 9.01. The largest absolute Gasteiger partial charge is 0.283 e. The summed E-state index contributed by atoms with van der Waals surface area (Å²) in [6.07, 6.45) is 6.77. The molecule has 0 aliphatic carbocycles. The van der Waals surface area contributed by atoms with Crippen LogP contribution >= 0.6 is 23.5 Å². The number of carbonyl (C=O) groups is 2. The molecule has 2 amide bonds. The Kier molecular flexibility index (Phi) is 8.34. The van der Waals surface area contributed by atoms with E-state index in [-0.39, 0.29) is 11.8 Å². The third kappa shape index (κ3) is 6.09. The molecule has 2 aliphatic heterocycles. The molecule has 206 valence electrons. The summed E-state index contributed by atoms with van der Waals surface area (Å²) < 4.78 is 0. The van der Waals surface area contributed by atoms with Gasteiger partial charge in [0.05, 0.1) is 22.8 Å². The molecule has 2 aromatic heterocycles. The van der Waals surface area contributed by atoms with Crippen LogP contribution in [0.5, 0.6) is 0 Å². The molecule has 0 spiro atoms. The van der Waals surface area contributed by atoms with Crippen molar-refractivity contribution in [3.63, 3.8) is 0 Å². The SMILES string of the molecule is O=C1/C(=C/c2ccccn2)N=C(SCCSC2=N/C(=C\c3ccccn3)C(=O)N2c2ccccc2)N1c1ccccc1. The first kappa shape index (κ1) is 27.4. The number of hydrogen-bond donors (Lipinski definition) is 0. The maximum Gasteiger partial charge on any atom is 0.283 e. The van der Waals surface area contributed by atoms with Crippen LogP contribution in [0.25, 0.3) is 12.2 Å². The number of aromatic nitrogens is 2. The summed E-state index contributed by atoms with van der Waals surface area (Å²) in [5.74, 6) is 0.859. The molecule has 0 saturated carbocycles. The summed E-state index contributed by atoms with van der Waals surface area (Å²) >= 11 is 2.96. The van der Waals surface area contributed by atoms with Crippen LogP contribution in [0.1, 0.15) is 11.4 Å². The van der Waals surface area contributed by atoms with E-state index in [4.69, 9.17) is 0 Å². The second kappa shape index (κ2) is 12.8. The molecule has 0 atom stereocenters. The highest BCUT2D eigenvalue weighted by Gasteiger charge is 2.33. The number of rotatable bonds is 7. The molecule has 42 heavy (non-hydrogen) atoms. The lowest BCUT2D eigenvalue weighted by molar-refractivity contribution is -0.114. The summed E-state index contributed by atoms with van der Waals surface area (Å²) in [5.41, 5.74) is 3.49. The van der Waals surface area contributed by atoms with Gasteiger partial charge in [0.15, 0.2) is 10.3 Å². The zero-order chi connectivity index (χ0) is 28.7.